The highest BCUT2D eigenvalue weighted by Gasteiger charge is 2.23. The fraction of sp³-hybridized carbons (Fsp3) is 0.667. The van der Waals surface area contributed by atoms with Gasteiger partial charge in [0.2, 0.25) is 0 Å². The zero-order chi connectivity index (χ0) is 11.4. The molecule has 1 aliphatic rings. The van der Waals surface area contributed by atoms with Crippen molar-refractivity contribution >= 4 is 12.4 Å². The summed E-state index contributed by atoms with van der Waals surface area (Å²) < 4.78 is 0. The van der Waals surface area contributed by atoms with Crippen LogP contribution >= 0.6 is 12.4 Å². The molecule has 0 aromatic carbocycles. The predicted molar refractivity (Wildman–Crippen MR) is 71.3 cm³/mol. The molecule has 0 spiro atoms. The third-order valence-electron chi connectivity index (χ3n) is 3.47. The predicted octanol–water partition coefficient (Wildman–Crippen LogP) is 1.64. The van der Waals surface area contributed by atoms with Crippen LogP contribution in [0.15, 0.2) is 18.6 Å². The fourth-order valence-electron chi connectivity index (χ4n) is 2.23. The average Bonchev–Trinajstić information content (AvgIpc) is 2.39. The van der Waals surface area contributed by atoms with Crippen molar-refractivity contribution < 1.29 is 0 Å². The number of nitrogens with one attached hydrogen (secondary N) is 1. The Balaban J connectivity index is 0.00000144. The quantitative estimate of drug-likeness (QED) is 0.893. The molecule has 1 aromatic rings. The number of rotatable bonds is 3. The molecule has 4 nitrogen and oxygen atoms in total. The molecule has 0 aliphatic carbocycles. The van der Waals surface area contributed by atoms with Gasteiger partial charge in [0, 0.05) is 31.2 Å². The first kappa shape index (κ1) is 14.4. The molecule has 0 saturated carbocycles. The normalized spacial score (nSPS) is 21.9. The molecule has 0 bridgehead atoms. The van der Waals surface area contributed by atoms with Gasteiger partial charge in [0.25, 0.3) is 0 Å². The Morgan fingerprint density at radius 2 is 2.29 bits per heavy atom. The zero-order valence-corrected chi connectivity index (χ0v) is 11.3. The number of likely N-dealkylation sites (N-methyl/N-ethyl adjacent to an activating group) is 1. The van der Waals surface area contributed by atoms with E-state index in [1.165, 1.54) is 12.8 Å². The molecular weight excluding hydrogens is 236 g/mol. The highest BCUT2D eigenvalue weighted by Crippen LogP contribution is 2.20. The number of halogens is 1. The van der Waals surface area contributed by atoms with Crippen LogP contribution in [0.4, 0.5) is 0 Å². The fourth-order valence-corrected chi connectivity index (χ4v) is 2.23. The maximum absolute atomic E-state index is 4.37. The molecule has 1 aromatic heterocycles. The second-order valence-electron chi connectivity index (χ2n) is 4.47. The lowest BCUT2D eigenvalue weighted by Crippen LogP contribution is -2.45. The smallest absolute Gasteiger partial charge is 0.0755 e. The van der Waals surface area contributed by atoms with E-state index in [2.05, 4.69) is 34.2 Å². The zero-order valence-electron chi connectivity index (χ0n) is 10.5. The van der Waals surface area contributed by atoms with Gasteiger partial charge < -0.3 is 5.32 Å². The number of hydrogen-bond acceptors (Lipinski definition) is 4. The first-order valence-corrected chi connectivity index (χ1v) is 5.97. The van der Waals surface area contributed by atoms with Crippen molar-refractivity contribution in [1.82, 2.24) is 20.2 Å². The van der Waals surface area contributed by atoms with Crippen molar-refractivity contribution in [2.45, 2.75) is 31.8 Å². The third-order valence-corrected chi connectivity index (χ3v) is 3.47. The topological polar surface area (TPSA) is 41.1 Å². The molecule has 1 fully saturated rings. The summed E-state index contributed by atoms with van der Waals surface area (Å²) in [5, 5.41) is 3.44. The molecule has 1 unspecified atom stereocenters. The van der Waals surface area contributed by atoms with Crippen LogP contribution < -0.4 is 5.32 Å². The van der Waals surface area contributed by atoms with Crippen LogP contribution in [0.3, 0.4) is 0 Å². The Morgan fingerprint density at radius 1 is 1.47 bits per heavy atom. The maximum atomic E-state index is 4.37. The largest absolute Gasteiger partial charge is 0.315 e. The lowest BCUT2D eigenvalue weighted by molar-refractivity contribution is 0.153. The molecule has 2 rings (SSSR count). The number of piperidine rings is 1. The van der Waals surface area contributed by atoms with Crippen LogP contribution in [0.2, 0.25) is 0 Å². The number of aromatic nitrogens is 2. The van der Waals surface area contributed by atoms with Crippen molar-refractivity contribution in [2.75, 3.05) is 20.1 Å². The van der Waals surface area contributed by atoms with Gasteiger partial charge in [0.05, 0.1) is 11.7 Å². The molecule has 2 heterocycles. The molecule has 0 amide bonds. The van der Waals surface area contributed by atoms with E-state index >= 15 is 0 Å². The SMILES string of the molecule is CC(c1cnccn1)N(C)[C@@H]1CCCNC1.Cl. The summed E-state index contributed by atoms with van der Waals surface area (Å²) in [5.74, 6) is 0. The second-order valence-corrected chi connectivity index (χ2v) is 4.47. The third kappa shape index (κ3) is 3.63. The minimum Gasteiger partial charge on any atom is -0.315 e. The van der Waals surface area contributed by atoms with Crippen LogP contribution in [-0.4, -0.2) is 41.0 Å². The van der Waals surface area contributed by atoms with Crippen LogP contribution in [-0.2, 0) is 0 Å². The highest BCUT2D eigenvalue weighted by atomic mass is 35.5. The van der Waals surface area contributed by atoms with Gasteiger partial charge in [-0.3, -0.25) is 14.9 Å². The molecular formula is C12H21ClN4. The summed E-state index contributed by atoms with van der Waals surface area (Å²) in [6, 6.07) is 0.948. The lowest BCUT2D eigenvalue weighted by atomic mass is 10.0. The van der Waals surface area contributed by atoms with Crippen molar-refractivity contribution in [3.8, 4) is 0 Å². The molecule has 2 atom stereocenters. The van der Waals surface area contributed by atoms with E-state index < -0.39 is 0 Å². The summed E-state index contributed by atoms with van der Waals surface area (Å²) in [7, 11) is 2.18. The molecule has 1 aliphatic heterocycles. The molecule has 96 valence electrons. The molecule has 5 heteroatoms. The van der Waals surface area contributed by atoms with Gasteiger partial charge in [0.15, 0.2) is 0 Å². The van der Waals surface area contributed by atoms with Gasteiger partial charge in [-0.05, 0) is 33.4 Å². The Kier molecular flexibility index (Phi) is 5.82. The van der Waals surface area contributed by atoms with Crippen molar-refractivity contribution in [3.05, 3.63) is 24.3 Å². The minimum absolute atomic E-state index is 0. The van der Waals surface area contributed by atoms with Gasteiger partial charge in [-0.15, -0.1) is 12.4 Å². The Hall–Kier alpha value is -0.710. The summed E-state index contributed by atoms with van der Waals surface area (Å²) in [4.78, 5) is 10.9. The Bertz CT molecular complexity index is 314. The standard InChI is InChI=1S/C12H20N4.ClH/c1-10(12-9-14-6-7-15-12)16(2)11-4-3-5-13-8-11;/h6-7,9-11,13H,3-5,8H2,1-2H3;1H/t10?,11-;/m1./s1. The minimum atomic E-state index is 0. The molecule has 17 heavy (non-hydrogen) atoms. The number of nitrogens with zero attached hydrogens (tertiary/aromatic N) is 3. The lowest BCUT2D eigenvalue weighted by Gasteiger charge is -2.35. The molecule has 1 N–H and O–H groups in total. The average molecular weight is 257 g/mol. The van der Waals surface area contributed by atoms with Crippen molar-refractivity contribution in [3.63, 3.8) is 0 Å². The van der Waals surface area contributed by atoms with Crippen LogP contribution in [0.5, 0.6) is 0 Å². The van der Waals surface area contributed by atoms with Crippen LogP contribution in [0.1, 0.15) is 31.5 Å². The van der Waals surface area contributed by atoms with E-state index in [4.69, 9.17) is 0 Å². The van der Waals surface area contributed by atoms with Crippen LogP contribution in [0, 0.1) is 0 Å². The summed E-state index contributed by atoms with van der Waals surface area (Å²) >= 11 is 0. The maximum Gasteiger partial charge on any atom is 0.0755 e. The van der Waals surface area contributed by atoms with Crippen molar-refractivity contribution in [1.29, 1.82) is 0 Å². The Labute approximate surface area is 109 Å². The van der Waals surface area contributed by atoms with Gasteiger partial charge in [-0.2, -0.15) is 0 Å². The van der Waals surface area contributed by atoms with Gasteiger partial charge >= 0.3 is 0 Å². The van der Waals surface area contributed by atoms with Gasteiger partial charge in [-0.1, -0.05) is 0 Å². The number of hydrogen-bond donors (Lipinski definition) is 1. The first-order valence-electron chi connectivity index (χ1n) is 5.97. The molecule has 1 saturated heterocycles. The highest BCUT2D eigenvalue weighted by molar-refractivity contribution is 5.85. The van der Waals surface area contributed by atoms with Gasteiger partial charge in [-0.25, -0.2) is 0 Å². The summed E-state index contributed by atoms with van der Waals surface area (Å²) in [5.41, 5.74) is 1.05. The second kappa shape index (κ2) is 6.89. The van der Waals surface area contributed by atoms with Crippen LogP contribution in [0.25, 0.3) is 0 Å². The van der Waals surface area contributed by atoms with E-state index in [-0.39, 0.29) is 12.4 Å². The Morgan fingerprint density at radius 3 is 2.88 bits per heavy atom. The summed E-state index contributed by atoms with van der Waals surface area (Å²) in [6.07, 6.45) is 7.88. The van der Waals surface area contributed by atoms with E-state index in [1.54, 1.807) is 12.4 Å². The van der Waals surface area contributed by atoms with E-state index in [1.807, 2.05) is 6.20 Å². The molecule has 0 radical (unpaired) electrons. The monoisotopic (exact) mass is 256 g/mol. The summed E-state index contributed by atoms with van der Waals surface area (Å²) in [6.45, 7) is 4.43. The van der Waals surface area contributed by atoms with E-state index in [0.29, 0.717) is 12.1 Å². The van der Waals surface area contributed by atoms with Crippen molar-refractivity contribution in [2.24, 2.45) is 0 Å². The first-order chi connectivity index (χ1) is 7.79. The van der Waals surface area contributed by atoms with E-state index in [9.17, 15) is 0 Å². The van der Waals surface area contributed by atoms with Gasteiger partial charge in [0.1, 0.15) is 0 Å². The van der Waals surface area contributed by atoms with E-state index in [0.717, 1.165) is 18.8 Å².